The zero-order valence-corrected chi connectivity index (χ0v) is 76.8. The number of primary amides is 2. The molecular weight excluding hydrogens is 1720 g/mol. The minimum absolute atomic E-state index is 0.00762. The van der Waals surface area contributed by atoms with E-state index < -0.39 is 222 Å². The molecule has 0 unspecified atom stereocenters. The van der Waals surface area contributed by atoms with Gasteiger partial charge in [-0.3, -0.25) is 86.9 Å². The molecule has 3 aromatic carbocycles. The molecule has 42 nitrogen and oxygen atoms in total. The number of aromatic nitrogens is 4. The molecule has 17 amide bonds. The Balaban J connectivity index is 1.18. The molecule has 2 aliphatic rings. The van der Waals surface area contributed by atoms with Crippen LogP contribution in [0.4, 0.5) is 0 Å². The van der Waals surface area contributed by atoms with Crippen molar-refractivity contribution in [1.82, 2.24) is 103 Å². The number of benzene rings is 3. The van der Waals surface area contributed by atoms with Crippen molar-refractivity contribution in [3.8, 4) is 0 Å². The number of imidazole rings is 1. The zero-order valence-electron chi connectivity index (χ0n) is 76.0. The highest BCUT2D eigenvalue weighted by molar-refractivity contribution is 8.00. The molecule has 3 aromatic heterocycles. The van der Waals surface area contributed by atoms with Crippen LogP contribution in [0.1, 0.15) is 134 Å². The molecule has 2 fully saturated rings. The number of amides is 17. The monoisotopic (exact) mass is 1850 g/mol. The summed E-state index contributed by atoms with van der Waals surface area (Å²) in [5.41, 5.74) is 26.6. The SMILES string of the molecule is CCCC[C@H]1C(=O)N(C)[C@@H](CCCC)C(=O)N[C@@H](CCCNC(=N)N)C(=O)N[C@H](C(=O)NCC(N)=O)CSCC(=O)N[C@@H](Cc2ccccc2)C(=O)N(C)[C@@H](C)C(=O)N[C@@H](CC(N)=O)C(=O)N2CCC[C@H]2C(=O)N[C@@H](Cc2cnc[nH]2)C(=O)N[C@@H](CC(C)C)C(=O)N(C)CC(=O)N[C@@H](Cc2c[nH]c3ccccc23)C(=O)N[C@@H](CN)C(=O)N[C@@H](Cc2c[nH]c3ccccc23)C(=O)N1C. The lowest BCUT2D eigenvalue weighted by molar-refractivity contribution is -0.149. The minimum Gasteiger partial charge on any atom is -0.370 e. The first-order chi connectivity index (χ1) is 62.9. The highest BCUT2D eigenvalue weighted by Crippen LogP contribution is 2.26. The summed E-state index contributed by atoms with van der Waals surface area (Å²) in [5.74, 6) is -16.7. The molecule has 0 spiro atoms. The lowest BCUT2D eigenvalue weighted by Gasteiger charge is -2.36. The Bertz CT molecular complexity index is 5050. The van der Waals surface area contributed by atoms with Crippen LogP contribution in [0.15, 0.2) is 104 Å². The van der Waals surface area contributed by atoms with E-state index in [9.17, 15) is 57.5 Å². The van der Waals surface area contributed by atoms with E-state index in [1.807, 2.05) is 13.8 Å². The smallest absolute Gasteiger partial charge is 0.246 e. The fraction of sp³-hybridized carbons (Fsp3) is 0.517. The second kappa shape index (κ2) is 50.6. The van der Waals surface area contributed by atoms with Gasteiger partial charge in [0.2, 0.25) is 100 Å². The lowest BCUT2D eigenvalue weighted by atomic mass is 10.00. The summed E-state index contributed by atoms with van der Waals surface area (Å²) in [7, 11) is 5.31. The summed E-state index contributed by atoms with van der Waals surface area (Å²) in [6.45, 7) is 6.51. The standard InChI is InChI=1S/C89H127N25O17S/c1-10-12-30-69-82(125)103-60(29-21-33-96-89(93)94)78(121)109-68(77(120)99-45-73(92)116)47-132-48-75(118)102-64(36-52-23-15-14-16-24-52)85(128)111(7)51(5)76(119)105-66(40-72(91)115)87(130)114-34-22-32-70(114)83(126)104-62(39-55-44-95-49-100-55)80(123)106-63(35-50(3)4)84(127)110(6)46-74(117)101-61(37-53-42-97-58-27-19-17-25-56(53)58)79(122)108-67(41-90)81(124)107-65(38-54-43-98-59-28-20-18-26-57(54)59)86(129)113(9)71(31-13-11-2)88(131)112(69)8/h14-20,23-28,42-44,49-51,60-71,97-98H,10-13,21-22,29-41,45-48,90H2,1-9H3,(H2,91,115)(H2,92,116)(H,95,100)(H,99,120)(H,101,117)(H,102,118)(H,103,125)(H,104,126)(H,105,119)(H,106,123)(H,107,124)(H,108,122)(H,109,121)(H4,93,94,96)/t51-,60-,61-,62-,63-,64-,65-,66-,67-,68-,69-,70-,71-/m0/s1. The number of hydrogen-bond acceptors (Lipinski definition) is 21. The Labute approximate surface area is 769 Å². The number of fused-ring (bicyclic) bond motifs is 3. The molecule has 0 bridgehead atoms. The zero-order chi connectivity index (χ0) is 96.6. The van der Waals surface area contributed by atoms with Crippen molar-refractivity contribution in [3.63, 3.8) is 0 Å². The third kappa shape index (κ3) is 30.0. The molecule has 0 aliphatic carbocycles. The van der Waals surface area contributed by atoms with Gasteiger partial charge < -0.3 is 121 Å². The lowest BCUT2D eigenvalue weighted by Crippen LogP contribution is -2.61. The van der Waals surface area contributed by atoms with Crippen molar-refractivity contribution < 1.29 is 81.5 Å². The predicted octanol–water partition coefficient (Wildman–Crippen LogP) is -2.17. The molecule has 0 radical (unpaired) electrons. The van der Waals surface area contributed by atoms with Gasteiger partial charge in [0.1, 0.15) is 78.5 Å². The van der Waals surface area contributed by atoms with Crippen LogP contribution in [0.5, 0.6) is 0 Å². The van der Waals surface area contributed by atoms with Gasteiger partial charge in [-0.25, -0.2) is 4.98 Å². The number of para-hydroxylation sites is 2. The quantitative estimate of drug-likeness (QED) is 0.0156. The summed E-state index contributed by atoms with van der Waals surface area (Å²) in [6, 6.07) is 3.48. The molecule has 6 aromatic rings. The van der Waals surface area contributed by atoms with E-state index in [4.69, 9.17) is 28.3 Å². The fourth-order valence-corrected chi connectivity index (χ4v) is 16.7. The van der Waals surface area contributed by atoms with Gasteiger partial charge in [-0.15, -0.1) is 11.8 Å². The summed E-state index contributed by atoms with van der Waals surface area (Å²) in [6.07, 6.45) is 6.28. The number of nitrogens with two attached hydrogens (primary N) is 4. The average Bonchev–Trinajstić information content (AvgIpc) is 1.48. The van der Waals surface area contributed by atoms with Crippen molar-refractivity contribution in [3.05, 3.63) is 126 Å². The molecule has 43 heteroatoms. The van der Waals surface area contributed by atoms with Crippen LogP contribution in [-0.2, 0) is 107 Å². The van der Waals surface area contributed by atoms with Crippen LogP contribution in [0.25, 0.3) is 21.8 Å². The summed E-state index contributed by atoms with van der Waals surface area (Å²) in [5, 5.41) is 38.6. The molecule has 0 saturated carbocycles. The minimum atomic E-state index is -1.74. The number of likely N-dealkylation sites (N-methyl/N-ethyl adjacent to an activating group) is 4. The maximum Gasteiger partial charge on any atom is 0.246 e. The average molecular weight is 1850 g/mol. The number of nitrogens with one attached hydrogen (secondary N) is 15. The maximum atomic E-state index is 15.7. The Morgan fingerprint density at radius 2 is 1.07 bits per heavy atom. The van der Waals surface area contributed by atoms with Gasteiger partial charge in [0.25, 0.3) is 0 Å². The number of nitrogens with zero attached hydrogens (tertiary/aromatic N) is 6. The Kier molecular flexibility index (Phi) is 39.9. The van der Waals surface area contributed by atoms with E-state index in [0.29, 0.717) is 69.9 Å². The summed E-state index contributed by atoms with van der Waals surface area (Å²) in [4.78, 5) is 268. The molecule has 2 saturated heterocycles. The Morgan fingerprint density at radius 1 is 0.530 bits per heavy atom. The normalized spacial score (nSPS) is 23.5. The van der Waals surface area contributed by atoms with Crippen LogP contribution < -0.4 is 81.4 Å². The number of unbranched alkanes of at least 4 members (excludes halogenated alkanes) is 2. The molecule has 716 valence electrons. The number of hydrogen-bond donors (Lipinski definition) is 19. The van der Waals surface area contributed by atoms with Crippen LogP contribution in [0.2, 0.25) is 0 Å². The Morgan fingerprint density at radius 3 is 1.67 bits per heavy atom. The van der Waals surface area contributed by atoms with E-state index in [2.05, 4.69) is 78.4 Å². The summed E-state index contributed by atoms with van der Waals surface area (Å²) < 4.78 is 0. The molecular formula is C89H127N25O17S. The van der Waals surface area contributed by atoms with Gasteiger partial charge in [-0.1, -0.05) is 120 Å². The number of thioether (sulfide) groups is 1. The second-order valence-corrected chi connectivity index (χ2v) is 34.7. The Hall–Kier alpha value is -13.5. The number of aromatic amines is 3. The van der Waals surface area contributed by atoms with Gasteiger partial charge in [0.15, 0.2) is 5.96 Å². The summed E-state index contributed by atoms with van der Waals surface area (Å²) >= 11 is 0.800. The van der Waals surface area contributed by atoms with Crippen molar-refractivity contribution in [2.75, 3.05) is 72.4 Å². The molecule has 23 N–H and O–H groups in total. The number of H-pyrrole nitrogens is 3. The van der Waals surface area contributed by atoms with E-state index >= 15 is 24.0 Å². The largest absolute Gasteiger partial charge is 0.370 e. The number of carbonyl (C=O) groups is 17. The van der Waals surface area contributed by atoms with E-state index in [1.165, 1.54) is 57.4 Å². The van der Waals surface area contributed by atoms with Crippen molar-refractivity contribution >= 4 is 140 Å². The van der Waals surface area contributed by atoms with Gasteiger partial charge in [0, 0.05) is 125 Å². The van der Waals surface area contributed by atoms with Gasteiger partial charge in [-0.05, 0) is 86.6 Å². The maximum absolute atomic E-state index is 15.7. The van der Waals surface area contributed by atoms with Crippen molar-refractivity contribution in [2.24, 2.45) is 28.9 Å². The molecule has 132 heavy (non-hydrogen) atoms. The number of guanidine groups is 1. The third-order valence-corrected chi connectivity index (χ3v) is 24.2. The number of rotatable bonds is 26. The highest BCUT2D eigenvalue weighted by atomic mass is 32.2. The van der Waals surface area contributed by atoms with Crippen LogP contribution in [0, 0.1) is 11.3 Å². The van der Waals surface area contributed by atoms with Crippen LogP contribution in [-0.4, -0.2) is 302 Å². The van der Waals surface area contributed by atoms with Crippen molar-refractivity contribution in [2.45, 2.75) is 216 Å². The van der Waals surface area contributed by atoms with E-state index in [-0.39, 0.29) is 89.6 Å². The first-order valence-corrected chi connectivity index (χ1v) is 45.5. The van der Waals surface area contributed by atoms with E-state index in [0.717, 1.165) is 26.5 Å². The topological polar surface area (TPSA) is 627 Å². The van der Waals surface area contributed by atoms with Gasteiger partial charge >= 0.3 is 0 Å². The molecule has 8 rings (SSSR count). The fourth-order valence-electron chi connectivity index (χ4n) is 15.8. The molecule has 13 atom stereocenters. The van der Waals surface area contributed by atoms with Gasteiger partial charge in [-0.2, -0.15) is 0 Å². The predicted molar refractivity (Wildman–Crippen MR) is 492 cm³/mol. The first-order valence-electron chi connectivity index (χ1n) is 44.3. The van der Waals surface area contributed by atoms with Crippen LogP contribution in [0.3, 0.4) is 0 Å². The third-order valence-electron chi connectivity index (χ3n) is 23.2. The van der Waals surface area contributed by atoms with Crippen molar-refractivity contribution in [1.29, 1.82) is 5.41 Å². The number of carbonyl (C=O) groups excluding carboxylic acids is 17. The van der Waals surface area contributed by atoms with Gasteiger partial charge in [0.05, 0.1) is 31.6 Å². The first kappa shape index (κ1) is 104. The van der Waals surface area contributed by atoms with E-state index in [1.54, 1.807) is 105 Å². The highest BCUT2D eigenvalue weighted by Gasteiger charge is 2.44. The van der Waals surface area contributed by atoms with Crippen LogP contribution >= 0.6 is 11.8 Å². The molecule has 2 aliphatic heterocycles. The second-order valence-electron chi connectivity index (χ2n) is 33.7. The molecule has 5 heterocycles.